The van der Waals surface area contributed by atoms with Crippen molar-refractivity contribution in [3.05, 3.63) is 23.2 Å². The molecule has 3 rings (SSSR count). The summed E-state index contributed by atoms with van der Waals surface area (Å²) >= 11 is 5.97. The van der Waals surface area contributed by atoms with Crippen LogP contribution in [0.3, 0.4) is 0 Å². The zero-order valence-electron chi connectivity index (χ0n) is 12.8. The summed E-state index contributed by atoms with van der Waals surface area (Å²) in [6.45, 7) is 5.51. The van der Waals surface area contributed by atoms with Crippen LogP contribution < -0.4 is 10.2 Å². The molecular formula is C16H20ClN3O2. The van der Waals surface area contributed by atoms with Gasteiger partial charge >= 0.3 is 0 Å². The molecule has 1 fully saturated rings. The number of nitrogens with one attached hydrogen (secondary N) is 1. The number of piperidine rings is 1. The SMILES string of the molecule is CC(C)NC(=O)C1CCN(c2nc3cc(Cl)ccc3o2)CC1. The highest BCUT2D eigenvalue weighted by atomic mass is 35.5. The number of oxazole rings is 1. The lowest BCUT2D eigenvalue weighted by atomic mass is 9.96. The fraction of sp³-hybridized carbons (Fsp3) is 0.500. The molecule has 0 aliphatic carbocycles. The summed E-state index contributed by atoms with van der Waals surface area (Å²) in [4.78, 5) is 18.6. The Kier molecular flexibility index (Phi) is 4.25. The van der Waals surface area contributed by atoms with E-state index in [-0.39, 0.29) is 17.9 Å². The molecule has 1 aliphatic rings. The average molecular weight is 322 g/mol. The Bertz CT molecular complexity index is 675. The molecule has 2 aromatic rings. The van der Waals surface area contributed by atoms with Gasteiger partial charge in [0.2, 0.25) is 5.91 Å². The van der Waals surface area contributed by atoms with Crippen LogP contribution in [0.15, 0.2) is 22.6 Å². The quantitative estimate of drug-likeness (QED) is 0.943. The van der Waals surface area contributed by atoms with E-state index in [0.717, 1.165) is 37.0 Å². The third kappa shape index (κ3) is 3.19. The van der Waals surface area contributed by atoms with Crippen LogP contribution in [0.2, 0.25) is 5.02 Å². The number of benzene rings is 1. The summed E-state index contributed by atoms with van der Waals surface area (Å²) < 4.78 is 5.78. The normalized spacial score (nSPS) is 16.5. The van der Waals surface area contributed by atoms with Crippen molar-refractivity contribution in [2.45, 2.75) is 32.7 Å². The van der Waals surface area contributed by atoms with Crippen LogP contribution in [0.1, 0.15) is 26.7 Å². The number of carbonyl (C=O) groups excluding carboxylic acids is 1. The zero-order valence-corrected chi connectivity index (χ0v) is 13.6. The highest BCUT2D eigenvalue weighted by molar-refractivity contribution is 6.31. The van der Waals surface area contributed by atoms with Crippen LogP contribution in [0.4, 0.5) is 6.01 Å². The zero-order chi connectivity index (χ0) is 15.7. The maximum atomic E-state index is 12.0. The molecule has 5 nitrogen and oxygen atoms in total. The minimum absolute atomic E-state index is 0.0810. The minimum atomic E-state index is 0.0810. The minimum Gasteiger partial charge on any atom is -0.423 e. The number of anilines is 1. The molecule has 0 unspecified atom stereocenters. The van der Waals surface area contributed by atoms with Crippen LogP contribution in [-0.2, 0) is 4.79 Å². The first-order valence-corrected chi connectivity index (χ1v) is 8.02. The van der Waals surface area contributed by atoms with Gasteiger partial charge in [-0.2, -0.15) is 4.98 Å². The van der Waals surface area contributed by atoms with Crippen LogP contribution in [0, 0.1) is 5.92 Å². The van der Waals surface area contributed by atoms with Crippen LogP contribution >= 0.6 is 11.6 Å². The topological polar surface area (TPSA) is 58.4 Å². The smallest absolute Gasteiger partial charge is 0.298 e. The number of rotatable bonds is 3. The Labute approximate surface area is 134 Å². The molecule has 1 aliphatic heterocycles. The molecule has 6 heteroatoms. The summed E-state index contributed by atoms with van der Waals surface area (Å²) in [6.07, 6.45) is 1.63. The lowest BCUT2D eigenvalue weighted by Crippen LogP contribution is -2.42. The van der Waals surface area contributed by atoms with Crippen LogP contribution in [-0.4, -0.2) is 30.0 Å². The van der Waals surface area contributed by atoms with Gasteiger partial charge in [0, 0.05) is 30.1 Å². The van der Waals surface area contributed by atoms with Gasteiger partial charge in [0.25, 0.3) is 6.01 Å². The van der Waals surface area contributed by atoms with Crippen LogP contribution in [0.25, 0.3) is 11.1 Å². The van der Waals surface area contributed by atoms with Gasteiger partial charge in [0.15, 0.2) is 5.58 Å². The number of carbonyl (C=O) groups is 1. The largest absolute Gasteiger partial charge is 0.423 e. The Hall–Kier alpha value is -1.75. The van der Waals surface area contributed by atoms with E-state index in [9.17, 15) is 4.79 Å². The molecular weight excluding hydrogens is 302 g/mol. The number of aromatic nitrogens is 1. The van der Waals surface area contributed by atoms with E-state index in [1.165, 1.54) is 0 Å². The molecule has 1 aromatic carbocycles. The lowest BCUT2D eigenvalue weighted by molar-refractivity contribution is -0.126. The van der Waals surface area contributed by atoms with Gasteiger partial charge in [-0.25, -0.2) is 0 Å². The highest BCUT2D eigenvalue weighted by Gasteiger charge is 2.27. The standard InChI is InChI=1S/C16H20ClN3O2/c1-10(2)18-15(21)11-5-7-20(8-6-11)16-19-13-9-12(17)3-4-14(13)22-16/h3-4,9-11H,5-8H2,1-2H3,(H,18,21). The van der Waals surface area contributed by atoms with Crippen molar-refractivity contribution >= 4 is 34.6 Å². The fourth-order valence-electron chi connectivity index (χ4n) is 2.76. The predicted octanol–water partition coefficient (Wildman–Crippen LogP) is 3.22. The van der Waals surface area contributed by atoms with Gasteiger partial charge in [-0.05, 0) is 44.9 Å². The molecule has 1 amide bonds. The molecule has 1 saturated heterocycles. The number of hydrogen-bond donors (Lipinski definition) is 1. The molecule has 0 bridgehead atoms. The molecule has 22 heavy (non-hydrogen) atoms. The van der Waals surface area contributed by atoms with Crippen molar-refractivity contribution in [2.75, 3.05) is 18.0 Å². The summed E-state index contributed by atoms with van der Waals surface area (Å²) in [5.74, 6) is 0.233. The van der Waals surface area contributed by atoms with Crippen molar-refractivity contribution in [1.82, 2.24) is 10.3 Å². The summed E-state index contributed by atoms with van der Waals surface area (Å²) in [5.41, 5.74) is 1.50. The summed E-state index contributed by atoms with van der Waals surface area (Å²) in [7, 11) is 0. The maximum Gasteiger partial charge on any atom is 0.298 e. The van der Waals surface area contributed by atoms with Gasteiger partial charge in [-0.1, -0.05) is 11.6 Å². The van der Waals surface area contributed by atoms with Crippen molar-refractivity contribution in [1.29, 1.82) is 0 Å². The number of hydrogen-bond acceptors (Lipinski definition) is 4. The van der Waals surface area contributed by atoms with Gasteiger partial charge < -0.3 is 14.6 Å². The molecule has 0 radical (unpaired) electrons. The third-order valence-electron chi connectivity index (χ3n) is 3.91. The van der Waals surface area contributed by atoms with Gasteiger partial charge in [-0.3, -0.25) is 4.79 Å². The first-order valence-electron chi connectivity index (χ1n) is 7.64. The molecule has 0 saturated carbocycles. The number of amides is 1. The number of nitrogens with zero attached hydrogens (tertiary/aromatic N) is 2. The first-order chi connectivity index (χ1) is 10.5. The molecule has 0 spiro atoms. The van der Waals surface area contributed by atoms with E-state index in [1.54, 1.807) is 12.1 Å². The van der Waals surface area contributed by atoms with Crippen molar-refractivity contribution < 1.29 is 9.21 Å². The Morgan fingerprint density at radius 3 is 2.82 bits per heavy atom. The highest BCUT2D eigenvalue weighted by Crippen LogP contribution is 2.27. The summed E-state index contributed by atoms with van der Waals surface area (Å²) in [6, 6.07) is 6.22. The van der Waals surface area contributed by atoms with E-state index < -0.39 is 0 Å². The van der Waals surface area contributed by atoms with E-state index in [2.05, 4.69) is 15.2 Å². The second kappa shape index (κ2) is 6.16. The molecule has 0 atom stereocenters. The van der Waals surface area contributed by atoms with E-state index >= 15 is 0 Å². The van der Waals surface area contributed by atoms with Crippen molar-refractivity contribution in [3.8, 4) is 0 Å². The second-order valence-corrected chi connectivity index (χ2v) is 6.47. The van der Waals surface area contributed by atoms with E-state index in [1.807, 2.05) is 19.9 Å². The van der Waals surface area contributed by atoms with Gasteiger partial charge in [0.05, 0.1) is 0 Å². The van der Waals surface area contributed by atoms with E-state index in [0.29, 0.717) is 11.0 Å². The monoisotopic (exact) mass is 321 g/mol. The Balaban J connectivity index is 1.66. The predicted molar refractivity (Wildman–Crippen MR) is 87.2 cm³/mol. The Morgan fingerprint density at radius 2 is 2.14 bits per heavy atom. The molecule has 118 valence electrons. The average Bonchev–Trinajstić information content (AvgIpc) is 2.89. The van der Waals surface area contributed by atoms with Crippen LogP contribution in [0.5, 0.6) is 0 Å². The van der Waals surface area contributed by atoms with Crippen molar-refractivity contribution in [2.24, 2.45) is 5.92 Å². The molecule has 1 aromatic heterocycles. The maximum absolute atomic E-state index is 12.0. The van der Waals surface area contributed by atoms with Gasteiger partial charge in [-0.15, -0.1) is 0 Å². The van der Waals surface area contributed by atoms with Gasteiger partial charge in [0.1, 0.15) is 5.52 Å². The number of halogens is 1. The molecule has 1 N–H and O–H groups in total. The fourth-order valence-corrected chi connectivity index (χ4v) is 2.93. The lowest BCUT2D eigenvalue weighted by Gasteiger charge is -2.30. The summed E-state index contributed by atoms with van der Waals surface area (Å²) in [5, 5.41) is 3.63. The number of fused-ring (bicyclic) bond motifs is 1. The van der Waals surface area contributed by atoms with E-state index in [4.69, 9.17) is 16.0 Å². The second-order valence-electron chi connectivity index (χ2n) is 6.03. The third-order valence-corrected chi connectivity index (χ3v) is 4.14. The van der Waals surface area contributed by atoms with Crippen molar-refractivity contribution in [3.63, 3.8) is 0 Å². The molecule has 2 heterocycles. The Morgan fingerprint density at radius 1 is 1.41 bits per heavy atom. The first kappa shape index (κ1) is 15.2.